The normalized spacial score (nSPS) is 13.4. The molecule has 126 valence electrons. The highest BCUT2D eigenvalue weighted by molar-refractivity contribution is 5.31. The van der Waals surface area contributed by atoms with Crippen molar-refractivity contribution < 1.29 is 14.6 Å². The van der Waals surface area contributed by atoms with E-state index in [1.54, 1.807) is 0 Å². The number of benzene rings is 1. The lowest BCUT2D eigenvalue weighted by molar-refractivity contribution is 0.0244. The lowest BCUT2D eigenvalue weighted by Crippen LogP contribution is -2.34. The summed E-state index contributed by atoms with van der Waals surface area (Å²) in [5.41, 5.74) is 1.44. The molecule has 0 bridgehead atoms. The predicted molar refractivity (Wildman–Crippen MR) is 90.6 cm³/mol. The summed E-state index contributed by atoms with van der Waals surface area (Å²) in [5.74, 6) is 0.846. The summed E-state index contributed by atoms with van der Waals surface area (Å²) in [6.45, 7) is 12.5. The topological polar surface area (TPSA) is 50.7 Å². The van der Waals surface area contributed by atoms with Gasteiger partial charge in [-0.25, -0.2) is 0 Å². The van der Waals surface area contributed by atoms with Crippen molar-refractivity contribution >= 4 is 0 Å². The van der Waals surface area contributed by atoms with Crippen molar-refractivity contribution in [2.24, 2.45) is 0 Å². The van der Waals surface area contributed by atoms with E-state index in [1.165, 1.54) is 5.56 Å². The first-order chi connectivity index (χ1) is 10.3. The second-order valence-electron chi connectivity index (χ2n) is 6.91. The van der Waals surface area contributed by atoms with Crippen LogP contribution in [0.15, 0.2) is 24.3 Å². The van der Waals surface area contributed by atoms with Crippen molar-refractivity contribution in [2.45, 2.75) is 52.2 Å². The maximum atomic E-state index is 9.69. The van der Waals surface area contributed by atoms with E-state index < -0.39 is 6.10 Å². The van der Waals surface area contributed by atoms with Crippen molar-refractivity contribution in [3.8, 4) is 5.75 Å². The van der Waals surface area contributed by atoms with Crippen LogP contribution in [-0.4, -0.2) is 43.6 Å². The maximum absolute atomic E-state index is 9.69. The van der Waals surface area contributed by atoms with Crippen LogP contribution in [0.1, 0.15) is 40.2 Å². The van der Waals surface area contributed by atoms with E-state index in [-0.39, 0.29) is 5.41 Å². The highest BCUT2D eigenvalue weighted by atomic mass is 16.5. The zero-order valence-electron chi connectivity index (χ0n) is 14.6. The van der Waals surface area contributed by atoms with Gasteiger partial charge < -0.3 is 19.9 Å². The number of hydrogen-bond donors (Lipinski definition) is 2. The predicted octanol–water partition coefficient (Wildman–Crippen LogP) is 2.74. The van der Waals surface area contributed by atoms with Gasteiger partial charge in [0.25, 0.3) is 0 Å². The highest BCUT2D eigenvalue weighted by Gasteiger charge is 2.12. The molecule has 0 aliphatic carbocycles. The molecular formula is C18H31NO3. The quantitative estimate of drug-likeness (QED) is 0.689. The Morgan fingerprint density at radius 3 is 2.27 bits per heavy atom. The molecule has 2 N–H and O–H groups in total. The minimum Gasteiger partial charge on any atom is -0.491 e. The van der Waals surface area contributed by atoms with Crippen molar-refractivity contribution in [3.63, 3.8) is 0 Å². The molecule has 0 saturated carbocycles. The Morgan fingerprint density at radius 1 is 1.09 bits per heavy atom. The van der Waals surface area contributed by atoms with Crippen LogP contribution in [0.5, 0.6) is 5.75 Å². The van der Waals surface area contributed by atoms with Gasteiger partial charge in [-0.2, -0.15) is 0 Å². The number of hydrogen-bond acceptors (Lipinski definition) is 4. The van der Waals surface area contributed by atoms with Crippen LogP contribution in [0.2, 0.25) is 0 Å². The molecule has 0 aromatic heterocycles. The first-order valence-electron chi connectivity index (χ1n) is 8.01. The first-order valence-corrected chi connectivity index (χ1v) is 8.01. The highest BCUT2D eigenvalue weighted by Crippen LogP contribution is 2.24. The molecular weight excluding hydrogens is 278 g/mol. The molecule has 22 heavy (non-hydrogen) atoms. The fourth-order valence-corrected chi connectivity index (χ4v) is 1.92. The third-order valence-electron chi connectivity index (χ3n) is 3.29. The molecule has 0 heterocycles. The molecule has 1 atom stereocenters. The van der Waals surface area contributed by atoms with Gasteiger partial charge in [0.1, 0.15) is 12.4 Å². The molecule has 0 amide bonds. The number of nitrogens with one attached hydrogen (secondary N) is 1. The Hall–Kier alpha value is -1.10. The molecule has 4 heteroatoms. The summed E-state index contributed by atoms with van der Waals surface area (Å²) in [4.78, 5) is 0. The molecule has 0 aliphatic heterocycles. The van der Waals surface area contributed by atoms with Gasteiger partial charge in [0.2, 0.25) is 0 Å². The average Bonchev–Trinajstić information content (AvgIpc) is 2.44. The first kappa shape index (κ1) is 18.9. The molecule has 1 rings (SSSR count). The summed E-state index contributed by atoms with van der Waals surface area (Å²) in [7, 11) is 0. The Balaban J connectivity index is 2.17. The Bertz CT molecular complexity index is 409. The number of ether oxygens (including phenoxy) is 2. The SMILES string of the molecule is CC(C)NC[C@@H](O)COCCOc1ccc(C(C)(C)C)cc1. The monoisotopic (exact) mass is 309 g/mol. The van der Waals surface area contributed by atoms with Gasteiger partial charge in [-0.15, -0.1) is 0 Å². The smallest absolute Gasteiger partial charge is 0.119 e. The summed E-state index contributed by atoms with van der Waals surface area (Å²) < 4.78 is 11.0. The van der Waals surface area contributed by atoms with Crippen LogP contribution >= 0.6 is 0 Å². The molecule has 1 aromatic carbocycles. The molecule has 0 radical (unpaired) electrons. The van der Waals surface area contributed by atoms with E-state index >= 15 is 0 Å². The van der Waals surface area contributed by atoms with Crippen molar-refractivity contribution in [2.75, 3.05) is 26.4 Å². The van der Waals surface area contributed by atoms with E-state index in [0.717, 1.165) is 5.75 Å². The molecule has 0 unspecified atom stereocenters. The summed E-state index contributed by atoms with van der Waals surface area (Å²) in [6, 6.07) is 8.54. The van der Waals surface area contributed by atoms with E-state index in [2.05, 4.69) is 38.2 Å². The van der Waals surface area contributed by atoms with E-state index in [0.29, 0.717) is 32.4 Å². The zero-order valence-corrected chi connectivity index (χ0v) is 14.6. The van der Waals surface area contributed by atoms with Gasteiger partial charge >= 0.3 is 0 Å². The third-order valence-corrected chi connectivity index (χ3v) is 3.29. The van der Waals surface area contributed by atoms with Crippen LogP contribution in [0.4, 0.5) is 0 Å². The molecule has 1 aromatic rings. The third kappa shape index (κ3) is 7.78. The van der Waals surface area contributed by atoms with Crippen molar-refractivity contribution in [1.82, 2.24) is 5.32 Å². The molecule has 0 saturated heterocycles. The van der Waals surface area contributed by atoms with Gasteiger partial charge in [-0.3, -0.25) is 0 Å². The Kier molecular flexibility index (Phi) is 7.87. The standard InChI is InChI=1S/C18H31NO3/c1-14(2)19-12-16(20)13-21-10-11-22-17-8-6-15(7-9-17)18(3,4)5/h6-9,14,16,19-20H,10-13H2,1-5H3/t16-/m1/s1. The maximum Gasteiger partial charge on any atom is 0.119 e. The van der Waals surface area contributed by atoms with Gasteiger partial charge in [0, 0.05) is 12.6 Å². The molecule has 0 spiro atoms. The van der Waals surface area contributed by atoms with E-state index in [9.17, 15) is 5.11 Å². The van der Waals surface area contributed by atoms with Crippen LogP contribution in [0.3, 0.4) is 0 Å². The number of rotatable bonds is 9. The van der Waals surface area contributed by atoms with Crippen molar-refractivity contribution in [3.05, 3.63) is 29.8 Å². The fourth-order valence-electron chi connectivity index (χ4n) is 1.92. The second kappa shape index (κ2) is 9.13. The largest absolute Gasteiger partial charge is 0.491 e. The lowest BCUT2D eigenvalue weighted by Gasteiger charge is -2.19. The van der Waals surface area contributed by atoms with Crippen LogP contribution in [0.25, 0.3) is 0 Å². The molecule has 0 aliphatic rings. The van der Waals surface area contributed by atoms with Gasteiger partial charge in [0.05, 0.1) is 19.3 Å². The van der Waals surface area contributed by atoms with E-state index in [1.807, 2.05) is 26.0 Å². The zero-order chi connectivity index (χ0) is 16.6. The summed E-state index contributed by atoms with van der Waals surface area (Å²) in [5, 5.41) is 12.9. The average molecular weight is 309 g/mol. The Labute approximate surface area is 134 Å². The second-order valence-corrected chi connectivity index (χ2v) is 6.91. The van der Waals surface area contributed by atoms with Crippen LogP contribution in [0, 0.1) is 0 Å². The van der Waals surface area contributed by atoms with Crippen molar-refractivity contribution in [1.29, 1.82) is 0 Å². The van der Waals surface area contributed by atoms with E-state index in [4.69, 9.17) is 9.47 Å². The molecule has 0 fully saturated rings. The van der Waals surface area contributed by atoms with Gasteiger partial charge in [0.15, 0.2) is 0 Å². The van der Waals surface area contributed by atoms with Crippen LogP contribution < -0.4 is 10.1 Å². The molecule has 4 nitrogen and oxygen atoms in total. The minimum atomic E-state index is -0.478. The minimum absolute atomic E-state index is 0.155. The fraction of sp³-hybridized carbons (Fsp3) is 0.667. The summed E-state index contributed by atoms with van der Waals surface area (Å²) >= 11 is 0. The van der Waals surface area contributed by atoms with Gasteiger partial charge in [-0.1, -0.05) is 46.8 Å². The number of aliphatic hydroxyl groups is 1. The lowest BCUT2D eigenvalue weighted by atomic mass is 9.87. The van der Waals surface area contributed by atoms with Crippen LogP contribution in [-0.2, 0) is 10.2 Å². The number of aliphatic hydroxyl groups excluding tert-OH is 1. The Morgan fingerprint density at radius 2 is 1.73 bits per heavy atom. The summed E-state index contributed by atoms with van der Waals surface area (Å²) in [6.07, 6.45) is -0.478. The van der Waals surface area contributed by atoms with Gasteiger partial charge in [-0.05, 0) is 23.1 Å².